The molecule has 1 aromatic carbocycles. The minimum atomic E-state index is -0.335. The predicted octanol–water partition coefficient (Wildman–Crippen LogP) is 1.23. The second kappa shape index (κ2) is 8.87. The number of aromatic nitrogens is 4. The second-order valence-corrected chi connectivity index (χ2v) is 7.76. The van der Waals surface area contributed by atoms with Crippen LogP contribution in [0.3, 0.4) is 0 Å². The molecule has 29 heavy (non-hydrogen) atoms. The zero-order valence-corrected chi connectivity index (χ0v) is 17.0. The van der Waals surface area contributed by atoms with Crippen molar-refractivity contribution in [2.45, 2.75) is 37.9 Å². The quantitative estimate of drug-likeness (QED) is 0.753. The van der Waals surface area contributed by atoms with Crippen LogP contribution in [0.4, 0.5) is 4.79 Å². The van der Waals surface area contributed by atoms with E-state index in [4.69, 9.17) is 4.74 Å². The standard InChI is InChI=1S/C20H29N7O2/c1-29-14-13-27-18(22-23-24-27)20(26-10-5-6-11-26)9-12-25(16-20)19(28)21-15-17-7-3-2-4-8-17/h2-4,7-8H,5-6,9-16H2,1H3,(H,21,28). The minimum Gasteiger partial charge on any atom is -0.383 e. The van der Waals surface area contributed by atoms with Crippen LogP contribution in [0.5, 0.6) is 0 Å². The van der Waals surface area contributed by atoms with Crippen LogP contribution in [0.2, 0.25) is 0 Å². The van der Waals surface area contributed by atoms with Gasteiger partial charge in [0.1, 0.15) is 5.54 Å². The fraction of sp³-hybridized carbons (Fsp3) is 0.600. The lowest BCUT2D eigenvalue weighted by molar-refractivity contribution is 0.103. The van der Waals surface area contributed by atoms with Crippen molar-refractivity contribution in [3.8, 4) is 0 Å². The van der Waals surface area contributed by atoms with Gasteiger partial charge in [-0.15, -0.1) is 5.10 Å². The number of amides is 2. The first-order valence-electron chi connectivity index (χ1n) is 10.3. The van der Waals surface area contributed by atoms with Crippen LogP contribution in [0, 0.1) is 0 Å². The number of hydrogen-bond donors (Lipinski definition) is 1. The molecule has 1 atom stereocenters. The van der Waals surface area contributed by atoms with E-state index in [1.807, 2.05) is 39.9 Å². The molecule has 0 spiro atoms. The van der Waals surface area contributed by atoms with Crippen molar-refractivity contribution in [1.82, 2.24) is 35.3 Å². The molecule has 4 rings (SSSR count). The molecule has 2 amide bonds. The first kappa shape index (κ1) is 19.8. The highest BCUT2D eigenvalue weighted by Crippen LogP contribution is 2.38. The zero-order valence-electron chi connectivity index (χ0n) is 17.0. The highest BCUT2D eigenvalue weighted by molar-refractivity contribution is 5.74. The number of hydrogen-bond acceptors (Lipinski definition) is 6. The lowest BCUT2D eigenvalue weighted by atomic mass is 9.95. The molecule has 2 aliphatic rings. The summed E-state index contributed by atoms with van der Waals surface area (Å²) in [4.78, 5) is 17.2. The van der Waals surface area contributed by atoms with E-state index in [1.54, 1.807) is 7.11 Å². The van der Waals surface area contributed by atoms with Crippen molar-refractivity contribution in [1.29, 1.82) is 0 Å². The number of benzene rings is 1. The summed E-state index contributed by atoms with van der Waals surface area (Å²) in [6.45, 7) is 4.99. The van der Waals surface area contributed by atoms with Crippen LogP contribution in [0.1, 0.15) is 30.7 Å². The van der Waals surface area contributed by atoms with Crippen molar-refractivity contribution in [2.24, 2.45) is 0 Å². The van der Waals surface area contributed by atoms with Crippen molar-refractivity contribution >= 4 is 6.03 Å². The molecular weight excluding hydrogens is 370 g/mol. The lowest BCUT2D eigenvalue weighted by Gasteiger charge is -2.37. The summed E-state index contributed by atoms with van der Waals surface area (Å²) in [7, 11) is 1.68. The molecule has 1 N–H and O–H groups in total. The zero-order chi connectivity index (χ0) is 20.1. The molecule has 1 unspecified atom stereocenters. The van der Waals surface area contributed by atoms with E-state index in [9.17, 15) is 4.79 Å². The third kappa shape index (κ3) is 4.11. The SMILES string of the molecule is COCCn1nnnc1C1(N2CCCC2)CCN(C(=O)NCc2ccccc2)C1. The van der Waals surface area contributed by atoms with Gasteiger partial charge in [-0.3, -0.25) is 4.90 Å². The van der Waals surface area contributed by atoms with E-state index >= 15 is 0 Å². The Morgan fingerprint density at radius 2 is 2.00 bits per heavy atom. The van der Waals surface area contributed by atoms with Gasteiger partial charge < -0.3 is 15.0 Å². The Kier molecular flexibility index (Phi) is 6.05. The number of likely N-dealkylation sites (tertiary alicyclic amines) is 2. The molecule has 0 saturated carbocycles. The molecule has 1 aromatic heterocycles. The average molecular weight is 399 g/mol. The summed E-state index contributed by atoms with van der Waals surface area (Å²) in [5.74, 6) is 0.842. The Morgan fingerprint density at radius 1 is 1.21 bits per heavy atom. The molecule has 3 heterocycles. The topological polar surface area (TPSA) is 88.4 Å². The number of carbonyl (C=O) groups excluding carboxylic acids is 1. The highest BCUT2D eigenvalue weighted by Gasteiger charge is 2.50. The highest BCUT2D eigenvalue weighted by atomic mass is 16.5. The fourth-order valence-corrected chi connectivity index (χ4v) is 4.45. The molecule has 2 saturated heterocycles. The first-order valence-corrected chi connectivity index (χ1v) is 10.3. The van der Waals surface area contributed by atoms with Gasteiger partial charge in [0, 0.05) is 26.7 Å². The maximum atomic E-state index is 12.9. The molecule has 0 radical (unpaired) electrons. The lowest BCUT2D eigenvalue weighted by Crippen LogP contribution is -2.50. The van der Waals surface area contributed by atoms with Gasteiger partial charge in [0.2, 0.25) is 0 Å². The summed E-state index contributed by atoms with van der Waals surface area (Å²) in [6.07, 6.45) is 3.17. The number of carbonyl (C=O) groups is 1. The summed E-state index contributed by atoms with van der Waals surface area (Å²) in [5, 5.41) is 15.6. The van der Waals surface area contributed by atoms with Crippen LogP contribution in [-0.4, -0.2) is 75.9 Å². The summed E-state index contributed by atoms with van der Waals surface area (Å²) < 4.78 is 7.06. The van der Waals surface area contributed by atoms with E-state index in [0.717, 1.165) is 30.9 Å². The van der Waals surface area contributed by atoms with E-state index < -0.39 is 0 Å². The van der Waals surface area contributed by atoms with E-state index in [2.05, 4.69) is 25.7 Å². The molecule has 0 aliphatic carbocycles. The van der Waals surface area contributed by atoms with Gasteiger partial charge in [-0.1, -0.05) is 30.3 Å². The van der Waals surface area contributed by atoms with E-state index in [0.29, 0.717) is 32.8 Å². The molecule has 2 fully saturated rings. The number of tetrazole rings is 1. The average Bonchev–Trinajstić information content (AvgIpc) is 3.51. The van der Waals surface area contributed by atoms with Crippen molar-refractivity contribution in [3.05, 3.63) is 41.7 Å². The van der Waals surface area contributed by atoms with E-state index in [1.165, 1.54) is 12.8 Å². The molecule has 156 valence electrons. The third-order valence-electron chi connectivity index (χ3n) is 5.99. The van der Waals surface area contributed by atoms with Gasteiger partial charge >= 0.3 is 6.03 Å². The monoisotopic (exact) mass is 399 g/mol. The van der Waals surface area contributed by atoms with Crippen LogP contribution < -0.4 is 5.32 Å². The summed E-state index contributed by atoms with van der Waals surface area (Å²) in [5.41, 5.74) is 0.757. The smallest absolute Gasteiger partial charge is 0.317 e. The van der Waals surface area contributed by atoms with E-state index in [-0.39, 0.29) is 11.6 Å². The number of rotatable bonds is 7. The Morgan fingerprint density at radius 3 is 2.76 bits per heavy atom. The minimum absolute atomic E-state index is 0.0363. The molecule has 2 aromatic rings. The van der Waals surface area contributed by atoms with Crippen molar-refractivity contribution in [3.63, 3.8) is 0 Å². The van der Waals surface area contributed by atoms with Gasteiger partial charge in [-0.2, -0.15) is 0 Å². The van der Waals surface area contributed by atoms with Gasteiger partial charge in [0.25, 0.3) is 0 Å². The molecular formula is C20H29N7O2. The Hall–Kier alpha value is -2.52. The van der Waals surface area contributed by atoms with Crippen molar-refractivity contribution < 1.29 is 9.53 Å². The largest absolute Gasteiger partial charge is 0.383 e. The van der Waals surface area contributed by atoms with Crippen LogP contribution in [0.15, 0.2) is 30.3 Å². The first-order chi connectivity index (χ1) is 14.2. The van der Waals surface area contributed by atoms with Gasteiger partial charge in [0.15, 0.2) is 5.82 Å². The number of ether oxygens (including phenoxy) is 1. The third-order valence-corrected chi connectivity index (χ3v) is 5.99. The number of urea groups is 1. The second-order valence-electron chi connectivity index (χ2n) is 7.76. The Labute approximate surface area is 171 Å². The van der Waals surface area contributed by atoms with Crippen LogP contribution in [-0.2, 0) is 23.4 Å². The van der Waals surface area contributed by atoms with Gasteiger partial charge in [0.05, 0.1) is 13.2 Å². The van der Waals surface area contributed by atoms with Crippen LogP contribution in [0.25, 0.3) is 0 Å². The molecule has 0 bridgehead atoms. The molecule has 2 aliphatic heterocycles. The van der Waals surface area contributed by atoms with Crippen LogP contribution >= 0.6 is 0 Å². The molecule has 9 nitrogen and oxygen atoms in total. The molecule has 9 heteroatoms. The normalized spacial score (nSPS) is 22.3. The maximum absolute atomic E-state index is 12.9. The fourth-order valence-electron chi connectivity index (χ4n) is 4.45. The summed E-state index contributed by atoms with van der Waals surface area (Å²) >= 11 is 0. The van der Waals surface area contributed by atoms with Gasteiger partial charge in [-0.25, -0.2) is 9.48 Å². The Bertz CT molecular complexity index is 806. The van der Waals surface area contributed by atoms with Crippen molar-refractivity contribution in [2.75, 3.05) is 39.9 Å². The summed E-state index contributed by atoms with van der Waals surface area (Å²) in [6, 6.07) is 9.94. The predicted molar refractivity (Wildman–Crippen MR) is 107 cm³/mol. The number of nitrogens with one attached hydrogen (secondary N) is 1. The number of methoxy groups -OCH3 is 1. The Balaban J connectivity index is 1.50. The maximum Gasteiger partial charge on any atom is 0.317 e. The number of nitrogens with zero attached hydrogens (tertiary/aromatic N) is 6. The van der Waals surface area contributed by atoms with Gasteiger partial charge in [-0.05, 0) is 48.3 Å².